The number of carbonyl (C=O) groups is 2. The van der Waals surface area contributed by atoms with Crippen LogP contribution >= 0.6 is 0 Å². The molecule has 1 fully saturated rings. The van der Waals surface area contributed by atoms with Crippen LogP contribution in [0.1, 0.15) is 335 Å². The number of nitrogens with one attached hydrogen (secondary N) is 1. The van der Waals surface area contributed by atoms with Crippen molar-refractivity contribution in [2.75, 3.05) is 13.2 Å². The van der Waals surface area contributed by atoms with Gasteiger partial charge in [-0.1, -0.05) is 288 Å². The van der Waals surface area contributed by atoms with E-state index in [1.165, 1.54) is 225 Å². The maximum Gasteiger partial charge on any atom is 0.306 e. The molecule has 0 bridgehead atoms. The lowest BCUT2D eigenvalue weighted by Gasteiger charge is -2.41. The normalized spacial score (nSPS) is 18.8. The minimum Gasteiger partial charge on any atom is -0.454 e. The largest absolute Gasteiger partial charge is 0.454 e. The monoisotopic (exact) mass is 1150 g/mol. The van der Waals surface area contributed by atoms with E-state index in [1.54, 1.807) is 6.08 Å². The van der Waals surface area contributed by atoms with Gasteiger partial charge < -0.3 is 45.1 Å². The van der Waals surface area contributed by atoms with Crippen LogP contribution in [-0.2, 0) is 23.8 Å². The van der Waals surface area contributed by atoms with E-state index in [1.807, 2.05) is 6.08 Å². The van der Waals surface area contributed by atoms with Gasteiger partial charge in [-0.05, 0) is 77.0 Å². The van der Waals surface area contributed by atoms with Crippen molar-refractivity contribution in [1.29, 1.82) is 0 Å². The number of esters is 1. The predicted molar refractivity (Wildman–Crippen MR) is 338 cm³/mol. The Morgan fingerprint density at radius 3 is 1.20 bits per heavy atom. The lowest BCUT2D eigenvalue weighted by Crippen LogP contribution is -2.61. The summed E-state index contributed by atoms with van der Waals surface area (Å²) in [6.07, 6.45) is 60.4. The molecule has 1 saturated heterocycles. The van der Waals surface area contributed by atoms with Crippen LogP contribution < -0.4 is 5.32 Å². The van der Waals surface area contributed by atoms with Crippen LogP contribution in [0.3, 0.4) is 0 Å². The van der Waals surface area contributed by atoms with E-state index in [-0.39, 0.29) is 13.0 Å². The summed E-state index contributed by atoms with van der Waals surface area (Å²) in [6, 6.07) is -1.02. The zero-order chi connectivity index (χ0) is 58.9. The quantitative estimate of drug-likeness (QED) is 0.0195. The Morgan fingerprint density at radius 1 is 0.469 bits per heavy atom. The van der Waals surface area contributed by atoms with E-state index in [0.717, 1.165) is 64.2 Å². The summed E-state index contributed by atoms with van der Waals surface area (Å²) >= 11 is 0. The fourth-order valence-electron chi connectivity index (χ4n) is 11.0. The molecule has 0 aliphatic carbocycles. The Morgan fingerprint density at radius 2 is 0.815 bits per heavy atom. The highest BCUT2D eigenvalue weighted by molar-refractivity contribution is 5.80. The molecule has 1 aliphatic rings. The first-order valence-corrected chi connectivity index (χ1v) is 34.8. The fraction of sp³-hybridized carbons (Fsp3) is 0.886. The van der Waals surface area contributed by atoms with Crippen molar-refractivity contribution in [3.63, 3.8) is 0 Å². The summed E-state index contributed by atoms with van der Waals surface area (Å²) in [5.74, 6) is -1.18. The van der Waals surface area contributed by atoms with E-state index >= 15 is 0 Å². The number of aliphatic hydroxyl groups excluding tert-OH is 5. The summed E-state index contributed by atoms with van der Waals surface area (Å²) in [6.45, 7) is 5.82. The highest BCUT2D eigenvalue weighted by Gasteiger charge is 2.47. The number of hydrogen-bond acceptors (Lipinski definition) is 10. The van der Waals surface area contributed by atoms with E-state index in [0.29, 0.717) is 19.3 Å². The fourth-order valence-corrected chi connectivity index (χ4v) is 11.0. The SMILES string of the molecule is CCCCCCCC/C=C/CCCCCCCCCCCCCCCC(=O)OC1C(OCC(NC(=O)C(O)CCCCCCCCCC/C=C/CCCCCCCC)C(O)/C=C/CCCCCCCCCCC)OC(CO)C(O)C1O. The molecule has 0 radical (unpaired) electrons. The van der Waals surface area contributed by atoms with Gasteiger partial charge in [0.05, 0.1) is 25.4 Å². The zero-order valence-electron chi connectivity index (χ0n) is 52.9. The van der Waals surface area contributed by atoms with Gasteiger partial charge in [0.15, 0.2) is 12.4 Å². The van der Waals surface area contributed by atoms with Gasteiger partial charge in [0.25, 0.3) is 0 Å². The topological polar surface area (TPSA) is 175 Å². The van der Waals surface area contributed by atoms with Crippen molar-refractivity contribution in [2.24, 2.45) is 0 Å². The average Bonchev–Trinajstić information content (AvgIpc) is 3.50. The molecule has 476 valence electrons. The Labute approximate surface area is 498 Å². The second kappa shape index (κ2) is 58.3. The molecule has 1 heterocycles. The van der Waals surface area contributed by atoms with Gasteiger partial charge in [-0.3, -0.25) is 9.59 Å². The number of aliphatic hydroxyl groups is 5. The predicted octanol–water partition coefficient (Wildman–Crippen LogP) is 17.4. The van der Waals surface area contributed by atoms with Gasteiger partial charge in [0, 0.05) is 6.42 Å². The maximum atomic E-state index is 13.4. The third kappa shape index (κ3) is 45.9. The third-order valence-electron chi connectivity index (χ3n) is 16.5. The Hall–Kier alpha value is -2.12. The van der Waals surface area contributed by atoms with E-state index < -0.39 is 67.4 Å². The molecular formula is C70H131NO10. The number of rotatable bonds is 60. The molecule has 8 unspecified atom stereocenters. The molecular weight excluding hydrogens is 1010 g/mol. The van der Waals surface area contributed by atoms with Crippen molar-refractivity contribution in [1.82, 2.24) is 5.32 Å². The van der Waals surface area contributed by atoms with E-state index in [9.17, 15) is 35.1 Å². The highest BCUT2D eigenvalue weighted by Crippen LogP contribution is 2.26. The molecule has 11 heteroatoms. The van der Waals surface area contributed by atoms with Crippen molar-refractivity contribution in [2.45, 2.75) is 384 Å². The van der Waals surface area contributed by atoms with Crippen LogP contribution in [0.2, 0.25) is 0 Å². The van der Waals surface area contributed by atoms with Crippen molar-refractivity contribution in [3.8, 4) is 0 Å². The minimum absolute atomic E-state index is 0.126. The van der Waals surface area contributed by atoms with Gasteiger partial charge in [0.1, 0.15) is 24.4 Å². The minimum atomic E-state index is -1.61. The second-order valence-electron chi connectivity index (χ2n) is 24.3. The lowest BCUT2D eigenvalue weighted by molar-refractivity contribution is -0.305. The molecule has 6 N–H and O–H groups in total. The smallest absolute Gasteiger partial charge is 0.306 e. The number of unbranched alkanes of at least 4 members (excludes halogenated alkanes) is 42. The van der Waals surface area contributed by atoms with Gasteiger partial charge in [-0.25, -0.2) is 0 Å². The maximum absolute atomic E-state index is 13.4. The standard InChI is InChI=1S/C70H131NO10/c1-4-7-10-13-16-19-22-24-26-28-30-31-32-33-34-36-38-40-43-46-49-52-55-58-65(75)81-68-67(77)66(76)64(59-72)80-70(68)79-60-61(62(73)56-53-50-47-44-41-21-18-15-12-9-6-3)71-69(78)63(74)57-54-51-48-45-42-39-37-35-29-27-25-23-20-17-14-11-8-5-2/h24-27,53,56,61-64,66-68,70,72-74,76-77H,4-23,28-52,54-55,57-60H2,1-3H3,(H,71,78)/b26-24+,27-25+,56-53+. The Balaban J connectivity index is 2.56. The third-order valence-corrected chi connectivity index (χ3v) is 16.5. The van der Waals surface area contributed by atoms with Gasteiger partial charge in [-0.15, -0.1) is 0 Å². The first-order chi connectivity index (χ1) is 39.7. The van der Waals surface area contributed by atoms with Gasteiger partial charge in [0.2, 0.25) is 5.91 Å². The zero-order valence-corrected chi connectivity index (χ0v) is 52.9. The first kappa shape index (κ1) is 76.9. The molecule has 1 aliphatic heterocycles. The molecule has 0 aromatic heterocycles. The number of hydrogen-bond donors (Lipinski definition) is 6. The average molecular weight is 1150 g/mol. The molecule has 0 aromatic carbocycles. The summed E-state index contributed by atoms with van der Waals surface area (Å²) < 4.78 is 17.7. The summed E-state index contributed by atoms with van der Waals surface area (Å²) in [5, 5.41) is 57.1. The molecule has 1 rings (SSSR count). The Kier molecular flexibility index (Phi) is 55.3. The van der Waals surface area contributed by atoms with Crippen molar-refractivity contribution < 1.29 is 49.3 Å². The number of amides is 1. The summed E-state index contributed by atoms with van der Waals surface area (Å²) in [4.78, 5) is 26.6. The first-order valence-electron chi connectivity index (χ1n) is 34.8. The van der Waals surface area contributed by atoms with Crippen LogP contribution in [0.5, 0.6) is 0 Å². The van der Waals surface area contributed by atoms with Gasteiger partial charge >= 0.3 is 5.97 Å². The van der Waals surface area contributed by atoms with Gasteiger partial charge in [-0.2, -0.15) is 0 Å². The molecule has 81 heavy (non-hydrogen) atoms. The van der Waals surface area contributed by atoms with Crippen LogP contribution in [-0.4, -0.2) is 99.6 Å². The molecule has 11 nitrogen and oxygen atoms in total. The Bertz CT molecular complexity index is 1460. The molecule has 8 atom stereocenters. The lowest BCUT2D eigenvalue weighted by atomic mass is 9.99. The second-order valence-corrected chi connectivity index (χ2v) is 24.3. The van der Waals surface area contributed by atoms with Crippen molar-refractivity contribution in [3.05, 3.63) is 36.5 Å². The number of carbonyl (C=O) groups excluding carboxylic acids is 2. The van der Waals surface area contributed by atoms with Crippen molar-refractivity contribution >= 4 is 11.9 Å². The number of ether oxygens (including phenoxy) is 3. The van der Waals surface area contributed by atoms with Crippen LogP contribution in [0, 0.1) is 0 Å². The van der Waals surface area contributed by atoms with Crippen LogP contribution in [0.4, 0.5) is 0 Å². The summed E-state index contributed by atoms with van der Waals surface area (Å²) in [7, 11) is 0. The van der Waals surface area contributed by atoms with E-state index in [2.05, 4.69) is 50.4 Å². The molecule has 0 aromatic rings. The summed E-state index contributed by atoms with van der Waals surface area (Å²) in [5.41, 5.74) is 0. The van der Waals surface area contributed by atoms with Crippen LogP contribution in [0.25, 0.3) is 0 Å². The molecule has 0 saturated carbocycles. The molecule has 1 amide bonds. The highest BCUT2D eigenvalue weighted by atomic mass is 16.7. The number of allylic oxidation sites excluding steroid dienone is 5. The van der Waals surface area contributed by atoms with Crippen LogP contribution in [0.15, 0.2) is 36.5 Å². The van der Waals surface area contributed by atoms with E-state index in [4.69, 9.17) is 14.2 Å². The molecule has 0 spiro atoms.